The van der Waals surface area contributed by atoms with Crippen LogP contribution < -0.4 is 5.32 Å². The van der Waals surface area contributed by atoms with Gasteiger partial charge in [0.15, 0.2) is 0 Å². The van der Waals surface area contributed by atoms with Crippen LogP contribution in [0.5, 0.6) is 0 Å². The van der Waals surface area contributed by atoms with E-state index in [2.05, 4.69) is 21.2 Å². The molecule has 0 saturated carbocycles. The number of carbonyl (C=O) groups excluding carboxylic acids is 1. The molecule has 8 heteroatoms. The van der Waals surface area contributed by atoms with Crippen molar-refractivity contribution in [1.29, 1.82) is 0 Å². The molecule has 1 aliphatic heterocycles. The molecular formula is C11H13BrN2O4S. The fourth-order valence-electron chi connectivity index (χ4n) is 1.98. The average Bonchev–Trinajstić information content (AvgIpc) is 2.92. The topological polar surface area (TPSA) is 89.9 Å². The first-order valence-corrected chi connectivity index (χ1v) is 7.33. The Balaban J connectivity index is 1.96. The number of nitrogens with one attached hydrogen (secondary N) is 1. The standard InChI is InChI=1S/C11H13BrN2O4S/c12-7-1-2-19-9(7)4-13-11(18)14-5-6(15)3-8(14)10(16)17/h1-2,6,8,15H,3-5H2,(H,13,18)(H,16,17)/t6?,8-/m0/s1. The zero-order valence-corrected chi connectivity index (χ0v) is 12.3. The van der Waals surface area contributed by atoms with Gasteiger partial charge in [0.2, 0.25) is 0 Å². The second-order valence-electron chi connectivity index (χ2n) is 4.25. The van der Waals surface area contributed by atoms with Gasteiger partial charge in [-0.05, 0) is 27.4 Å². The molecule has 104 valence electrons. The summed E-state index contributed by atoms with van der Waals surface area (Å²) in [5, 5.41) is 23.0. The lowest BCUT2D eigenvalue weighted by atomic mass is 10.2. The lowest BCUT2D eigenvalue weighted by Gasteiger charge is -2.21. The van der Waals surface area contributed by atoms with Crippen molar-refractivity contribution in [1.82, 2.24) is 10.2 Å². The Bertz CT molecular complexity index is 493. The molecule has 1 aromatic heterocycles. The summed E-state index contributed by atoms with van der Waals surface area (Å²) in [5.41, 5.74) is 0. The van der Waals surface area contributed by atoms with Crippen LogP contribution in [0.3, 0.4) is 0 Å². The second kappa shape index (κ2) is 5.89. The van der Waals surface area contributed by atoms with Crippen molar-refractivity contribution in [3.8, 4) is 0 Å². The molecule has 6 nitrogen and oxygen atoms in total. The Hall–Kier alpha value is -1.12. The van der Waals surface area contributed by atoms with Gasteiger partial charge < -0.3 is 20.4 Å². The molecular weight excluding hydrogens is 336 g/mol. The Morgan fingerprint density at radius 3 is 2.89 bits per heavy atom. The lowest BCUT2D eigenvalue weighted by molar-refractivity contribution is -0.141. The number of urea groups is 1. The third-order valence-electron chi connectivity index (χ3n) is 2.92. The fraction of sp³-hybridized carbons (Fsp3) is 0.455. The highest BCUT2D eigenvalue weighted by molar-refractivity contribution is 9.10. The van der Waals surface area contributed by atoms with E-state index in [9.17, 15) is 14.7 Å². The summed E-state index contributed by atoms with van der Waals surface area (Å²) in [7, 11) is 0. The SMILES string of the molecule is O=C(O)[C@@H]1CC(O)CN1C(=O)NCc1sccc1Br. The predicted molar refractivity (Wildman–Crippen MR) is 73.0 cm³/mol. The van der Waals surface area contributed by atoms with Gasteiger partial charge in [0, 0.05) is 22.3 Å². The quantitative estimate of drug-likeness (QED) is 0.766. The minimum absolute atomic E-state index is 0.0500. The van der Waals surface area contributed by atoms with Gasteiger partial charge in [0.1, 0.15) is 6.04 Å². The van der Waals surface area contributed by atoms with Crippen LogP contribution in [-0.4, -0.2) is 45.8 Å². The van der Waals surface area contributed by atoms with Crippen molar-refractivity contribution in [2.45, 2.75) is 25.1 Å². The molecule has 19 heavy (non-hydrogen) atoms. The lowest BCUT2D eigenvalue weighted by Crippen LogP contribution is -2.45. The van der Waals surface area contributed by atoms with Crippen LogP contribution in [0.1, 0.15) is 11.3 Å². The van der Waals surface area contributed by atoms with Gasteiger partial charge in [-0.25, -0.2) is 9.59 Å². The highest BCUT2D eigenvalue weighted by Crippen LogP contribution is 2.23. The minimum Gasteiger partial charge on any atom is -0.480 e. The fourth-order valence-corrected chi connectivity index (χ4v) is 3.41. The maximum absolute atomic E-state index is 11.9. The van der Waals surface area contributed by atoms with E-state index in [1.807, 2.05) is 11.4 Å². The molecule has 1 saturated heterocycles. The first kappa shape index (κ1) is 14.3. The van der Waals surface area contributed by atoms with Gasteiger partial charge in [0.05, 0.1) is 12.6 Å². The Morgan fingerprint density at radius 2 is 2.32 bits per heavy atom. The molecule has 1 unspecified atom stereocenters. The summed E-state index contributed by atoms with van der Waals surface area (Å²) in [4.78, 5) is 25.1. The summed E-state index contributed by atoms with van der Waals surface area (Å²) in [6.07, 6.45) is -0.703. The maximum Gasteiger partial charge on any atom is 0.326 e. The normalized spacial score (nSPS) is 22.5. The van der Waals surface area contributed by atoms with Gasteiger partial charge in [-0.3, -0.25) is 0 Å². The number of aliphatic carboxylic acids is 1. The zero-order chi connectivity index (χ0) is 14.0. The van der Waals surface area contributed by atoms with Crippen molar-refractivity contribution in [3.63, 3.8) is 0 Å². The predicted octanol–water partition coefficient (Wildman–Crippen LogP) is 1.24. The number of carboxylic acids is 1. The third-order valence-corrected chi connectivity index (χ3v) is 4.84. The molecule has 0 bridgehead atoms. The second-order valence-corrected chi connectivity index (χ2v) is 6.10. The number of hydrogen-bond donors (Lipinski definition) is 3. The van der Waals surface area contributed by atoms with Crippen LogP contribution in [0, 0.1) is 0 Å². The van der Waals surface area contributed by atoms with Crippen molar-refractivity contribution >= 4 is 39.3 Å². The third kappa shape index (κ3) is 3.26. The Morgan fingerprint density at radius 1 is 1.58 bits per heavy atom. The zero-order valence-electron chi connectivity index (χ0n) is 9.88. The molecule has 1 aromatic rings. The molecule has 2 rings (SSSR count). The van der Waals surface area contributed by atoms with Crippen LogP contribution in [0.4, 0.5) is 4.79 Å². The minimum atomic E-state index is -1.09. The summed E-state index contributed by atoms with van der Waals surface area (Å²) < 4.78 is 0.911. The smallest absolute Gasteiger partial charge is 0.326 e. The molecule has 0 aliphatic carbocycles. The molecule has 0 spiro atoms. The highest BCUT2D eigenvalue weighted by Gasteiger charge is 2.38. The number of carbonyl (C=O) groups is 2. The number of aliphatic hydroxyl groups excluding tert-OH is 1. The first-order valence-electron chi connectivity index (χ1n) is 5.66. The molecule has 2 amide bonds. The Labute approximate surface area is 122 Å². The summed E-state index contributed by atoms with van der Waals surface area (Å²) in [5.74, 6) is -1.09. The van der Waals surface area contributed by atoms with Crippen molar-refractivity contribution in [3.05, 3.63) is 20.8 Å². The Kier molecular flexibility index (Phi) is 4.43. The number of carboxylic acid groups (broad SMARTS) is 1. The number of nitrogens with zero attached hydrogens (tertiary/aromatic N) is 1. The maximum atomic E-state index is 11.9. The number of β-amino-alcohol motifs (C(OH)–C–C–N with tert-alkyl or cyclic N) is 1. The number of hydrogen-bond acceptors (Lipinski definition) is 4. The van der Waals surface area contributed by atoms with E-state index in [0.717, 1.165) is 14.2 Å². The monoisotopic (exact) mass is 348 g/mol. The van der Waals surface area contributed by atoms with Crippen LogP contribution in [0.15, 0.2) is 15.9 Å². The van der Waals surface area contributed by atoms with E-state index < -0.39 is 24.1 Å². The molecule has 3 N–H and O–H groups in total. The van der Waals surface area contributed by atoms with Gasteiger partial charge >= 0.3 is 12.0 Å². The van der Waals surface area contributed by atoms with E-state index in [-0.39, 0.29) is 13.0 Å². The number of thiophene rings is 1. The molecule has 2 atom stereocenters. The largest absolute Gasteiger partial charge is 0.480 e. The number of aliphatic hydroxyl groups is 1. The van der Waals surface area contributed by atoms with E-state index in [1.165, 1.54) is 11.3 Å². The van der Waals surface area contributed by atoms with E-state index in [0.29, 0.717) is 6.54 Å². The molecule has 0 radical (unpaired) electrons. The number of rotatable bonds is 3. The number of halogens is 1. The summed E-state index contributed by atoms with van der Waals surface area (Å²) in [6.45, 7) is 0.379. The van der Waals surface area contributed by atoms with E-state index in [4.69, 9.17) is 5.11 Å². The van der Waals surface area contributed by atoms with Crippen molar-refractivity contribution in [2.24, 2.45) is 0 Å². The molecule has 2 heterocycles. The van der Waals surface area contributed by atoms with Crippen molar-refractivity contribution < 1.29 is 19.8 Å². The number of amides is 2. The molecule has 0 aromatic carbocycles. The van der Waals surface area contributed by atoms with Crippen LogP contribution in [0.25, 0.3) is 0 Å². The van der Waals surface area contributed by atoms with Crippen LogP contribution >= 0.6 is 27.3 Å². The van der Waals surface area contributed by atoms with E-state index >= 15 is 0 Å². The molecule has 1 fully saturated rings. The summed E-state index contributed by atoms with van der Waals surface area (Å²) in [6, 6.07) is 0.456. The number of likely N-dealkylation sites (tertiary alicyclic amines) is 1. The molecule has 1 aliphatic rings. The summed E-state index contributed by atoms with van der Waals surface area (Å²) >= 11 is 4.85. The van der Waals surface area contributed by atoms with Crippen LogP contribution in [0.2, 0.25) is 0 Å². The van der Waals surface area contributed by atoms with Gasteiger partial charge in [-0.1, -0.05) is 0 Å². The van der Waals surface area contributed by atoms with Gasteiger partial charge in [0.25, 0.3) is 0 Å². The van der Waals surface area contributed by atoms with E-state index in [1.54, 1.807) is 0 Å². The van der Waals surface area contributed by atoms with Crippen LogP contribution in [-0.2, 0) is 11.3 Å². The van der Waals surface area contributed by atoms with Gasteiger partial charge in [-0.2, -0.15) is 0 Å². The highest BCUT2D eigenvalue weighted by atomic mass is 79.9. The van der Waals surface area contributed by atoms with Gasteiger partial charge in [-0.15, -0.1) is 11.3 Å². The first-order chi connectivity index (χ1) is 8.99. The van der Waals surface area contributed by atoms with Crippen molar-refractivity contribution in [2.75, 3.05) is 6.54 Å². The average molecular weight is 349 g/mol.